The summed E-state index contributed by atoms with van der Waals surface area (Å²) in [7, 11) is 0. The topological polar surface area (TPSA) is 87.7 Å². The molecule has 1 aliphatic rings. The van der Waals surface area contributed by atoms with Gasteiger partial charge < -0.3 is 15.0 Å². The summed E-state index contributed by atoms with van der Waals surface area (Å²) in [5, 5.41) is 4.64. The number of benzene rings is 2. The van der Waals surface area contributed by atoms with E-state index in [2.05, 4.69) is 5.32 Å². The predicted octanol–water partition coefficient (Wildman–Crippen LogP) is 2.38. The van der Waals surface area contributed by atoms with E-state index in [4.69, 9.17) is 4.74 Å². The number of hydrogen-bond acceptors (Lipinski definition) is 4. The summed E-state index contributed by atoms with van der Waals surface area (Å²) < 4.78 is 18.7. The Labute approximate surface area is 161 Å². The quantitative estimate of drug-likeness (QED) is 0.717. The SMILES string of the molecule is CCOc1ccc2c(c1)C(=O)N(C[C@H](NC(=O)NC=O)c1ccc(F)cc1)C2. The van der Waals surface area contributed by atoms with E-state index in [9.17, 15) is 18.8 Å². The molecule has 3 rings (SSSR count). The van der Waals surface area contributed by atoms with Crippen LogP contribution in [0.2, 0.25) is 0 Å². The lowest BCUT2D eigenvalue weighted by atomic mass is 10.1. The van der Waals surface area contributed by atoms with E-state index >= 15 is 0 Å². The van der Waals surface area contributed by atoms with Crippen LogP contribution in [0.4, 0.5) is 9.18 Å². The van der Waals surface area contributed by atoms with Crippen molar-refractivity contribution < 1.29 is 23.5 Å². The summed E-state index contributed by atoms with van der Waals surface area (Å²) in [6.07, 6.45) is 0.267. The lowest BCUT2D eigenvalue weighted by Crippen LogP contribution is -2.42. The maximum Gasteiger partial charge on any atom is 0.321 e. The Morgan fingerprint density at radius 2 is 2.04 bits per heavy atom. The van der Waals surface area contributed by atoms with Gasteiger partial charge in [-0.3, -0.25) is 14.9 Å². The summed E-state index contributed by atoms with van der Waals surface area (Å²) in [4.78, 5) is 36.8. The van der Waals surface area contributed by atoms with E-state index in [-0.39, 0.29) is 18.9 Å². The number of rotatable bonds is 7. The van der Waals surface area contributed by atoms with E-state index in [0.717, 1.165) is 5.56 Å². The van der Waals surface area contributed by atoms with Gasteiger partial charge in [0.15, 0.2) is 0 Å². The third-order valence-corrected chi connectivity index (χ3v) is 4.44. The maximum atomic E-state index is 13.3. The molecule has 4 amide bonds. The molecule has 0 saturated carbocycles. The molecule has 0 aliphatic carbocycles. The van der Waals surface area contributed by atoms with Crippen molar-refractivity contribution in [2.24, 2.45) is 0 Å². The van der Waals surface area contributed by atoms with Crippen LogP contribution in [0.25, 0.3) is 0 Å². The highest BCUT2D eigenvalue weighted by atomic mass is 19.1. The monoisotopic (exact) mass is 385 g/mol. The van der Waals surface area contributed by atoms with Crippen molar-refractivity contribution in [3.8, 4) is 5.75 Å². The molecule has 146 valence electrons. The van der Waals surface area contributed by atoms with Gasteiger partial charge in [0.05, 0.1) is 12.6 Å². The number of carbonyl (C=O) groups excluding carboxylic acids is 3. The first-order chi connectivity index (χ1) is 13.5. The Morgan fingerprint density at radius 3 is 2.71 bits per heavy atom. The molecule has 2 N–H and O–H groups in total. The molecule has 1 heterocycles. The average molecular weight is 385 g/mol. The highest BCUT2D eigenvalue weighted by Gasteiger charge is 2.30. The predicted molar refractivity (Wildman–Crippen MR) is 99.2 cm³/mol. The van der Waals surface area contributed by atoms with Crippen molar-refractivity contribution in [3.63, 3.8) is 0 Å². The summed E-state index contributed by atoms with van der Waals surface area (Å²) in [5.41, 5.74) is 2.03. The minimum atomic E-state index is -0.702. The Morgan fingerprint density at radius 1 is 1.29 bits per heavy atom. The van der Waals surface area contributed by atoms with Gasteiger partial charge in [-0.1, -0.05) is 18.2 Å². The standard InChI is InChI=1S/C20H20FN3O4/c1-2-28-16-8-5-14-10-24(19(26)17(14)9-16)11-18(23-20(27)22-12-25)13-3-6-15(21)7-4-13/h3-9,12,18H,2,10-11H2,1H3,(H2,22,23,25,27)/t18-/m0/s1. The van der Waals surface area contributed by atoms with Crippen LogP contribution < -0.4 is 15.4 Å². The number of carbonyl (C=O) groups is 3. The second-order valence-electron chi connectivity index (χ2n) is 6.28. The third kappa shape index (κ3) is 4.28. The van der Waals surface area contributed by atoms with E-state index < -0.39 is 17.9 Å². The van der Waals surface area contributed by atoms with Crippen molar-refractivity contribution >= 4 is 18.3 Å². The summed E-state index contributed by atoms with van der Waals surface area (Å²) in [6, 6.07) is 9.65. The van der Waals surface area contributed by atoms with Gasteiger partial charge >= 0.3 is 6.03 Å². The molecule has 0 aromatic heterocycles. The average Bonchev–Trinajstić information content (AvgIpc) is 2.98. The van der Waals surface area contributed by atoms with Crippen LogP contribution in [0.1, 0.15) is 34.5 Å². The van der Waals surface area contributed by atoms with Gasteiger partial charge in [0, 0.05) is 18.7 Å². The first-order valence-electron chi connectivity index (χ1n) is 8.83. The number of halogens is 1. The number of ether oxygens (including phenoxy) is 1. The van der Waals surface area contributed by atoms with Crippen LogP contribution >= 0.6 is 0 Å². The molecule has 0 spiro atoms. The summed E-state index contributed by atoms with van der Waals surface area (Å²) in [5.74, 6) is 0.0317. The second-order valence-corrected chi connectivity index (χ2v) is 6.28. The van der Waals surface area contributed by atoms with E-state index in [1.807, 2.05) is 24.4 Å². The summed E-state index contributed by atoms with van der Waals surface area (Å²) in [6.45, 7) is 2.91. The van der Waals surface area contributed by atoms with Gasteiger partial charge in [0.1, 0.15) is 11.6 Å². The zero-order valence-corrected chi connectivity index (χ0v) is 15.3. The van der Waals surface area contributed by atoms with Crippen LogP contribution in [0.5, 0.6) is 5.75 Å². The van der Waals surface area contributed by atoms with Crippen LogP contribution in [-0.2, 0) is 11.3 Å². The fourth-order valence-electron chi connectivity index (χ4n) is 3.15. The van der Waals surface area contributed by atoms with Gasteiger partial charge in [0.25, 0.3) is 5.91 Å². The zero-order chi connectivity index (χ0) is 20.1. The molecule has 8 heteroatoms. The van der Waals surface area contributed by atoms with Crippen molar-refractivity contribution in [2.75, 3.05) is 13.2 Å². The number of hydrogen-bond donors (Lipinski definition) is 2. The Hall–Kier alpha value is -3.42. The van der Waals surface area contributed by atoms with Crippen LogP contribution in [-0.4, -0.2) is 36.4 Å². The van der Waals surface area contributed by atoms with Gasteiger partial charge in [0.2, 0.25) is 6.41 Å². The fourth-order valence-corrected chi connectivity index (χ4v) is 3.15. The zero-order valence-electron chi connectivity index (χ0n) is 15.3. The van der Waals surface area contributed by atoms with Crippen molar-refractivity contribution in [2.45, 2.75) is 19.5 Å². The molecule has 0 fully saturated rings. The minimum Gasteiger partial charge on any atom is -0.494 e. The van der Waals surface area contributed by atoms with Gasteiger partial charge in [-0.25, -0.2) is 9.18 Å². The molecule has 1 atom stereocenters. The van der Waals surface area contributed by atoms with Crippen molar-refractivity contribution in [1.82, 2.24) is 15.5 Å². The molecule has 2 aromatic rings. The highest BCUT2D eigenvalue weighted by molar-refractivity contribution is 5.98. The van der Waals surface area contributed by atoms with E-state index in [1.165, 1.54) is 24.3 Å². The van der Waals surface area contributed by atoms with Gasteiger partial charge in [-0.05, 0) is 42.3 Å². The highest BCUT2D eigenvalue weighted by Crippen LogP contribution is 2.28. The molecule has 0 unspecified atom stereocenters. The van der Waals surface area contributed by atoms with E-state index in [0.29, 0.717) is 30.0 Å². The first kappa shape index (κ1) is 19.3. The number of imide groups is 1. The Bertz CT molecular complexity index is 886. The minimum absolute atomic E-state index is 0.162. The van der Waals surface area contributed by atoms with Crippen LogP contribution in [0.3, 0.4) is 0 Å². The first-order valence-corrected chi connectivity index (χ1v) is 8.83. The van der Waals surface area contributed by atoms with Crippen molar-refractivity contribution in [1.29, 1.82) is 0 Å². The molecule has 1 aliphatic heterocycles. The third-order valence-electron chi connectivity index (χ3n) is 4.44. The van der Waals surface area contributed by atoms with Gasteiger partial charge in [-0.15, -0.1) is 0 Å². The molecule has 7 nitrogen and oxygen atoms in total. The smallest absolute Gasteiger partial charge is 0.321 e. The normalized spacial score (nSPS) is 13.6. The lowest BCUT2D eigenvalue weighted by molar-refractivity contribution is -0.108. The molecule has 2 aromatic carbocycles. The molecular weight excluding hydrogens is 365 g/mol. The Kier molecular flexibility index (Phi) is 5.88. The molecule has 0 saturated heterocycles. The van der Waals surface area contributed by atoms with Crippen molar-refractivity contribution in [3.05, 3.63) is 65.0 Å². The second kappa shape index (κ2) is 8.51. The molecule has 0 radical (unpaired) electrons. The number of amides is 4. The number of urea groups is 1. The molecule has 28 heavy (non-hydrogen) atoms. The largest absolute Gasteiger partial charge is 0.494 e. The lowest BCUT2D eigenvalue weighted by Gasteiger charge is -2.25. The van der Waals surface area contributed by atoms with Gasteiger partial charge in [-0.2, -0.15) is 0 Å². The fraction of sp³-hybridized carbons (Fsp3) is 0.250. The van der Waals surface area contributed by atoms with Crippen LogP contribution in [0.15, 0.2) is 42.5 Å². The van der Waals surface area contributed by atoms with E-state index in [1.54, 1.807) is 11.0 Å². The maximum absolute atomic E-state index is 13.3. The summed E-state index contributed by atoms with van der Waals surface area (Å²) >= 11 is 0. The number of fused-ring (bicyclic) bond motifs is 1. The number of nitrogens with one attached hydrogen (secondary N) is 2. The number of nitrogens with zero attached hydrogens (tertiary/aromatic N) is 1. The molecular formula is C20H20FN3O4. The van der Waals surface area contributed by atoms with Crippen LogP contribution in [0, 0.1) is 5.82 Å². The Balaban J connectivity index is 1.80. The molecule has 0 bridgehead atoms.